The number of benzene rings is 1. The molecule has 0 saturated carbocycles. The highest BCUT2D eigenvalue weighted by molar-refractivity contribution is 5.33. The highest BCUT2D eigenvalue weighted by Gasteiger charge is 2.12. The van der Waals surface area contributed by atoms with Crippen molar-refractivity contribution >= 4 is 5.69 Å². The van der Waals surface area contributed by atoms with Crippen molar-refractivity contribution in [1.82, 2.24) is 15.0 Å². The number of nitro benzene ring substituents is 1. The Morgan fingerprint density at radius 3 is 2.65 bits per heavy atom. The third-order valence-corrected chi connectivity index (χ3v) is 2.91. The summed E-state index contributed by atoms with van der Waals surface area (Å²) in [4.78, 5) is 10.2. The number of nitriles is 1. The average Bonchev–Trinajstić information content (AvgIpc) is 2.82. The standard InChI is InChI=1S/C13H13N5O2/c1-2-3-13-12(8-14)15-16-17(13)9-10-4-6-11(7-5-10)18(19)20/h4-7H,2-3,9H2,1H3. The molecule has 0 saturated heterocycles. The van der Waals surface area contributed by atoms with Gasteiger partial charge in [0, 0.05) is 12.1 Å². The second-order valence-electron chi connectivity index (χ2n) is 4.33. The first kappa shape index (κ1) is 13.7. The van der Waals surface area contributed by atoms with Gasteiger partial charge in [0.25, 0.3) is 5.69 Å². The summed E-state index contributed by atoms with van der Waals surface area (Å²) >= 11 is 0. The lowest BCUT2D eigenvalue weighted by Gasteiger charge is -2.05. The maximum atomic E-state index is 10.6. The molecule has 0 aliphatic carbocycles. The molecular formula is C13H13N5O2. The van der Waals surface area contributed by atoms with Gasteiger partial charge < -0.3 is 0 Å². The maximum Gasteiger partial charge on any atom is 0.269 e. The van der Waals surface area contributed by atoms with Crippen molar-refractivity contribution in [3.8, 4) is 6.07 Å². The van der Waals surface area contributed by atoms with Gasteiger partial charge in [-0.2, -0.15) is 5.26 Å². The van der Waals surface area contributed by atoms with Crippen LogP contribution in [0.2, 0.25) is 0 Å². The Morgan fingerprint density at radius 2 is 2.10 bits per heavy atom. The quantitative estimate of drug-likeness (QED) is 0.612. The molecule has 0 unspecified atom stereocenters. The third kappa shape index (κ3) is 2.80. The van der Waals surface area contributed by atoms with Gasteiger partial charge in [0.05, 0.1) is 17.2 Å². The number of hydrogen-bond acceptors (Lipinski definition) is 5. The van der Waals surface area contributed by atoms with Crippen molar-refractivity contribution in [1.29, 1.82) is 5.26 Å². The van der Waals surface area contributed by atoms with Crippen LogP contribution in [0.25, 0.3) is 0 Å². The largest absolute Gasteiger partial charge is 0.269 e. The summed E-state index contributed by atoms with van der Waals surface area (Å²) in [6, 6.07) is 8.30. The van der Waals surface area contributed by atoms with Crippen LogP contribution < -0.4 is 0 Å². The van der Waals surface area contributed by atoms with Gasteiger partial charge in [0.2, 0.25) is 0 Å². The average molecular weight is 271 g/mol. The summed E-state index contributed by atoms with van der Waals surface area (Å²) in [5.74, 6) is 0. The predicted molar refractivity (Wildman–Crippen MR) is 70.9 cm³/mol. The van der Waals surface area contributed by atoms with E-state index in [1.54, 1.807) is 16.8 Å². The zero-order valence-corrected chi connectivity index (χ0v) is 11.0. The van der Waals surface area contributed by atoms with Crippen LogP contribution in [0.15, 0.2) is 24.3 Å². The second-order valence-corrected chi connectivity index (χ2v) is 4.33. The van der Waals surface area contributed by atoms with Gasteiger partial charge in [0.1, 0.15) is 6.07 Å². The molecule has 2 aromatic rings. The molecule has 0 radical (unpaired) electrons. The number of rotatable bonds is 5. The minimum Gasteiger partial charge on any atom is -0.258 e. The summed E-state index contributed by atoms with van der Waals surface area (Å²) in [5, 5.41) is 27.4. The van der Waals surface area contributed by atoms with Crippen molar-refractivity contribution in [3.63, 3.8) is 0 Å². The summed E-state index contributed by atoms with van der Waals surface area (Å²) in [6.07, 6.45) is 1.62. The zero-order chi connectivity index (χ0) is 14.5. The first-order valence-electron chi connectivity index (χ1n) is 6.21. The molecule has 0 spiro atoms. The molecule has 1 aromatic heterocycles. The van der Waals surface area contributed by atoms with Crippen molar-refractivity contribution in [3.05, 3.63) is 51.3 Å². The smallest absolute Gasteiger partial charge is 0.258 e. The molecule has 1 aromatic carbocycles. The lowest BCUT2D eigenvalue weighted by Crippen LogP contribution is -2.07. The molecule has 0 bridgehead atoms. The number of aromatic nitrogens is 3. The van der Waals surface area contributed by atoms with Gasteiger partial charge in [-0.05, 0) is 12.0 Å². The Hall–Kier alpha value is -2.75. The Morgan fingerprint density at radius 1 is 1.40 bits per heavy atom. The number of non-ortho nitro benzene ring substituents is 1. The van der Waals surface area contributed by atoms with Crippen LogP contribution in [0.1, 0.15) is 30.3 Å². The predicted octanol–water partition coefficient (Wildman–Crippen LogP) is 2.06. The Bertz CT molecular complexity index is 654. The molecule has 0 atom stereocenters. The van der Waals surface area contributed by atoms with Crippen molar-refractivity contribution in [2.75, 3.05) is 0 Å². The fourth-order valence-electron chi connectivity index (χ4n) is 1.93. The Labute approximate surface area is 115 Å². The molecule has 7 heteroatoms. The van der Waals surface area contributed by atoms with E-state index in [-0.39, 0.29) is 5.69 Å². The molecule has 7 nitrogen and oxygen atoms in total. The summed E-state index contributed by atoms with van der Waals surface area (Å²) in [5.41, 5.74) is 2.07. The van der Waals surface area contributed by atoms with Crippen LogP contribution in [-0.2, 0) is 13.0 Å². The van der Waals surface area contributed by atoms with E-state index in [2.05, 4.69) is 10.3 Å². The Balaban J connectivity index is 2.23. The van der Waals surface area contributed by atoms with Gasteiger partial charge in [0.15, 0.2) is 5.69 Å². The molecule has 0 amide bonds. The summed E-state index contributed by atoms with van der Waals surface area (Å²) < 4.78 is 1.67. The van der Waals surface area contributed by atoms with Gasteiger partial charge in [-0.1, -0.05) is 30.7 Å². The van der Waals surface area contributed by atoms with E-state index in [0.29, 0.717) is 12.2 Å². The van der Waals surface area contributed by atoms with Crippen LogP contribution in [0.5, 0.6) is 0 Å². The van der Waals surface area contributed by atoms with E-state index in [9.17, 15) is 10.1 Å². The molecule has 2 rings (SSSR count). The van der Waals surface area contributed by atoms with Crippen molar-refractivity contribution in [2.45, 2.75) is 26.3 Å². The normalized spacial score (nSPS) is 10.2. The van der Waals surface area contributed by atoms with Crippen LogP contribution in [-0.4, -0.2) is 19.9 Å². The summed E-state index contributed by atoms with van der Waals surface area (Å²) in [6.45, 7) is 2.46. The van der Waals surface area contributed by atoms with Gasteiger partial charge in [-0.3, -0.25) is 10.1 Å². The second kappa shape index (κ2) is 5.93. The van der Waals surface area contributed by atoms with Gasteiger partial charge in [-0.15, -0.1) is 5.10 Å². The van der Waals surface area contributed by atoms with E-state index in [4.69, 9.17) is 5.26 Å². The lowest BCUT2D eigenvalue weighted by atomic mass is 10.2. The van der Waals surface area contributed by atoms with E-state index >= 15 is 0 Å². The molecule has 102 valence electrons. The Kier molecular flexibility index (Phi) is 4.05. The highest BCUT2D eigenvalue weighted by Crippen LogP contribution is 2.14. The maximum absolute atomic E-state index is 10.6. The van der Waals surface area contributed by atoms with Crippen molar-refractivity contribution < 1.29 is 4.92 Å². The SMILES string of the molecule is CCCc1c(C#N)nnn1Cc1ccc([N+](=O)[O-])cc1. The van der Waals surface area contributed by atoms with E-state index in [1.807, 2.05) is 13.0 Å². The van der Waals surface area contributed by atoms with E-state index in [0.717, 1.165) is 24.1 Å². The monoisotopic (exact) mass is 271 g/mol. The van der Waals surface area contributed by atoms with Crippen LogP contribution in [0, 0.1) is 21.4 Å². The summed E-state index contributed by atoms with van der Waals surface area (Å²) in [7, 11) is 0. The molecule has 0 N–H and O–H groups in total. The fourth-order valence-corrected chi connectivity index (χ4v) is 1.93. The first-order valence-corrected chi connectivity index (χ1v) is 6.21. The fraction of sp³-hybridized carbons (Fsp3) is 0.308. The molecule has 0 aliphatic heterocycles. The zero-order valence-electron chi connectivity index (χ0n) is 11.0. The highest BCUT2D eigenvalue weighted by atomic mass is 16.6. The minimum absolute atomic E-state index is 0.0545. The van der Waals surface area contributed by atoms with Gasteiger partial charge >= 0.3 is 0 Å². The van der Waals surface area contributed by atoms with Crippen LogP contribution in [0.4, 0.5) is 5.69 Å². The number of nitrogens with zero attached hydrogens (tertiary/aromatic N) is 5. The molecule has 0 fully saturated rings. The topological polar surface area (TPSA) is 97.6 Å². The van der Waals surface area contributed by atoms with E-state index < -0.39 is 4.92 Å². The lowest BCUT2D eigenvalue weighted by molar-refractivity contribution is -0.384. The van der Waals surface area contributed by atoms with Crippen LogP contribution in [0.3, 0.4) is 0 Å². The minimum atomic E-state index is -0.435. The third-order valence-electron chi connectivity index (χ3n) is 2.91. The molecule has 20 heavy (non-hydrogen) atoms. The van der Waals surface area contributed by atoms with Gasteiger partial charge in [-0.25, -0.2) is 4.68 Å². The number of hydrogen-bond donors (Lipinski definition) is 0. The molecule has 0 aliphatic rings. The first-order chi connectivity index (χ1) is 9.65. The van der Waals surface area contributed by atoms with E-state index in [1.165, 1.54) is 12.1 Å². The molecular weight excluding hydrogens is 258 g/mol. The molecule has 1 heterocycles. The van der Waals surface area contributed by atoms with Crippen LogP contribution >= 0.6 is 0 Å². The van der Waals surface area contributed by atoms with Crippen molar-refractivity contribution in [2.24, 2.45) is 0 Å². The number of nitro groups is 1.